The summed E-state index contributed by atoms with van der Waals surface area (Å²) in [6.45, 7) is -0.0576. The molecule has 4 heterocycles. The molecule has 79 heavy (non-hydrogen) atoms. The predicted molar refractivity (Wildman–Crippen MR) is 337 cm³/mol. The lowest BCUT2D eigenvalue weighted by molar-refractivity contribution is 1.22. The van der Waals surface area contributed by atoms with E-state index in [1.54, 1.807) is 0 Å². The number of fused-ring (bicyclic) bond motifs is 8. The van der Waals surface area contributed by atoms with E-state index in [1.807, 2.05) is 23.5 Å². The SMILES string of the molecule is c1ccc(-c2cc3c4c(c2)Sc2cc5c(cc2B4c2ccccc2S3)B2c3ccccc3N(c3ccccc3-c3ccccc3)c3cc(N(c4ccccc4)c4ccccc4)cc(c32)N5c2ccccc2-c2ccccc2)cc1. The first-order chi connectivity index (χ1) is 39.2. The Bertz CT molecular complexity index is 4310. The van der Waals surface area contributed by atoms with Crippen LogP contribution in [0.5, 0.6) is 0 Å². The molecule has 0 aromatic heterocycles. The zero-order valence-corrected chi connectivity index (χ0v) is 44.6. The third-order valence-corrected chi connectivity index (χ3v) is 18.6. The summed E-state index contributed by atoms with van der Waals surface area (Å²) in [6, 6.07) is 106. The summed E-state index contributed by atoms with van der Waals surface area (Å²) >= 11 is 3.86. The lowest BCUT2D eigenvalue weighted by atomic mass is 9.31. The summed E-state index contributed by atoms with van der Waals surface area (Å²) in [6.07, 6.45) is 0. The van der Waals surface area contributed by atoms with Crippen LogP contribution in [-0.4, -0.2) is 13.4 Å². The molecule has 0 radical (unpaired) electrons. The fourth-order valence-electron chi connectivity index (χ4n) is 13.0. The summed E-state index contributed by atoms with van der Waals surface area (Å²) in [5.74, 6) is 0. The minimum absolute atomic E-state index is 0.0560. The van der Waals surface area contributed by atoms with Crippen LogP contribution >= 0.6 is 23.5 Å². The zero-order chi connectivity index (χ0) is 52.0. The van der Waals surface area contributed by atoms with Crippen molar-refractivity contribution >= 4 is 121 Å². The van der Waals surface area contributed by atoms with Gasteiger partial charge in [-0.3, -0.25) is 0 Å². The molecule has 0 saturated heterocycles. The second-order valence-corrected chi connectivity index (χ2v) is 22.9. The van der Waals surface area contributed by atoms with Crippen LogP contribution in [0.1, 0.15) is 0 Å². The molecular formula is C72H47B2N3S2. The number of anilines is 9. The number of rotatable bonds is 8. The first-order valence-corrected chi connectivity index (χ1v) is 28.8. The second kappa shape index (κ2) is 18.8. The molecule has 0 N–H and O–H groups in total. The van der Waals surface area contributed by atoms with Crippen LogP contribution in [0.3, 0.4) is 0 Å². The van der Waals surface area contributed by atoms with Crippen molar-refractivity contribution in [3.63, 3.8) is 0 Å². The molecule has 0 bridgehead atoms. The van der Waals surface area contributed by atoms with Gasteiger partial charge in [-0.1, -0.05) is 241 Å². The minimum atomic E-state index is -0.114. The van der Waals surface area contributed by atoms with Crippen LogP contribution in [0.15, 0.2) is 305 Å². The summed E-state index contributed by atoms with van der Waals surface area (Å²) in [7, 11) is 0. The van der Waals surface area contributed by atoms with Gasteiger partial charge in [0.15, 0.2) is 0 Å². The average molecular weight is 1040 g/mol. The van der Waals surface area contributed by atoms with Gasteiger partial charge < -0.3 is 14.7 Å². The highest BCUT2D eigenvalue weighted by Crippen LogP contribution is 2.52. The fourth-order valence-corrected chi connectivity index (χ4v) is 15.5. The number of hydrogen-bond donors (Lipinski definition) is 0. The van der Waals surface area contributed by atoms with Gasteiger partial charge in [0.25, 0.3) is 6.71 Å². The lowest BCUT2D eigenvalue weighted by Crippen LogP contribution is -2.64. The molecule has 0 unspecified atom stereocenters. The van der Waals surface area contributed by atoms with E-state index in [9.17, 15) is 0 Å². The maximum atomic E-state index is 2.64. The Morgan fingerprint density at radius 2 is 0.696 bits per heavy atom. The van der Waals surface area contributed by atoms with E-state index in [1.165, 1.54) is 97.1 Å². The Labute approximate surface area is 470 Å². The number of benzene rings is 12. The second-order valence-electron chi connectivity index (χ2n) is 20.7. The largest absolute Gasteiger partial charge is 0.311 e. The molecule has 0 saturated carbocycles. The first-order valence-electron chi connectivity index (χ1n) is 27.1. The van der Waals surface area contributed by atoms with Gasteiger partial charge in [-0.05, 0) is 123 Å². The maximum Gasteiger partial charge on any atom is 0.252 e. The molecule has 16 rings (SSSR count). The Kier molecular flexibility index (Phi) is 11.0. The van der Waals surface area contributed by atoms with Gasteiger partial charge in [-0.25, -0.2) is 0 Å². The Morgan fingerprint density at radius 3 is 1.28 bits per heavy atom. The van der Waals surface area contributed by atoms with Gasteiger partial charge in [0, 0.05) is 64.8 Å². The number of nitrogens with zero attached hydrogens (tertiary/aromatic N) is 3. The van der Waals surface area contributed by atoms with E-state index in [2.05, 4.69) is 300 Å². The van der Waals surface area contributed by atoms with Crippen molar-refractivity contribution in [1.29, 1.82) is 0 Å². The average Bonchev–Trinajstić information content (AvgIpc) is 2.95. The highest BCUT2D eigenvalue weighted by Gasteiger charge is 2.47. The topological polar surface area (TPSA) is 9.72 Å². The van der Waals surface area contributed by atoms with E-state index in [-0.39, 0.29) is 13.4 Å². The molecule has 0 fully saturated rings. The summed E-state index contributed by atoms with van der Waals surface area (Å²) < 4.78 is 0. The zero-order valence-electron chi connectivity index (χ0n) is 42.9. The maximum absolute atomic E-state index is 2.64. The van der Waals surface area contributed by atoms with Gasteiger partial charge in [0.1, 0.15) is 0 Å². The number of para-hydroxylation sites is 5. The van der Waals surface area contributed by atoms with Gasteiger partial charge in [-0.15, -0.1) is 0 Å². The molecule has 0 aliphatic carbocycles. The molecule has 368 valence electrons. The molecule has 12 aromatic carbocycles. The van der Waals surface area contributed by atoms with Crippen molar-refractivity contribution in [2.24, 2.45) is 0 Å². The predicted octanol–water partition coefficient (Wildman–Crippen LogP) is 15.7. The quantitative estimate of drug-likeness (QED) is 0.140. The van der Waals surface area contributed by atoms with Crippen LogP contribution in [0, 0.1) is 0 Å². The van der Waals surface area contributed by atoms with E-state index < -0.39 is 0 Å². The standard InChI is InChI=1S/C72H47B2N3S2/c1-6-24-48(25-7-1)51-42-69-72-70(43-51)79-68-47-64-59(46-60(68)74(72)58-37-19-23-41-67(58)78-69)73-57-36-18-22-40-63(57)76(61-38-20-16-34-55(61)49-26-8-2-9-27-49)65-44-54(75(52-30-12-4-13-31-52)53-32-14-5-15-33-53)45-66(71(65)73)77(64)62-39-21-17-35-56(62)50-28-10-3-11-29-50/h1-47H. The normalized spacial score (nSPS) is 13.1. The van der Waals surface area contributed by atoms with Crippen molar-refractivity contribution in [2.75, 3.05) is 14.7 Å². The van der Waals surface area contributed by atoms with Crippen molar-refractivity contribution in [3.05, 3.63) is 285 Å². The van der Waals surface area contributed by atoms with Crippen molar-refractivity contribution < 1.29 is 0 Å². The molecule has 4 aliphatic rings. The monoisotopic (exact) mass is 1040 g/mol. The van der Waals surface area contributed by atoms with Crippen LogP contribution in [0.25, 0.3) is 33.4 Å². The van der Waals surface area contributed by atoms with Crippen LogP contribution < -0.4 is 47.5 Å². The molecule has 7 heteroatoms. The van der Waals surface area contributed by atoms with Crippen LogP contribution in [0.2, 0.25) is 0 Å². The van der Waals surface area contributed by atoms with Gasteiger partial charge in [0.05, 0.1) is 17.1 Å². The highest BCUT2D eigenvalue weighted by atomic mass is 32.2. The molecule has 0 spiro atoms. The molecular weight excluding hydrogens is 993 g/mol. The van der Waals surface area contributed by atoms with Gasteiger partial charge in [-0.2, -0.15) is 0 Å². The fraction of sp³-hybridized carbons (Fsp3) is 0. The Morgan fingerprint density at radius 1 is 0.253 bits per heavy atom. The van der Waals surface area contributed by atoms with E-state index in [4.69, 9.17) is 0 Å². The number of hydrogen-bond acceptors (Lipinski definition) is 5. The Hall–Kier alpha value is -9.13. The summed E-state index contributed by atoms with van der Waals surface area (Å²) in [5.41, 5.74) is 25.3. The molecule has 0 atom stereocenters. The minimum Gasteiger partial charge on any atom is -0.311 e. The third-order valence-electron chi connectivity index (χ3n) is 16.3. The van der Waals surface area contributed by atoms with Gasteiger partial charge >= 0.3 is 0 Å². The third kappa shape index (κ3) is 7.48. The molecule has 4 aliphatic heterocycles. The molecule has 3 nitrogen and oxygen atoms in total. The first kappa shape index (κ1) is 46.0. The van der Waals surface area contributed by atoms with Crippen molar-refractivity contribution in [1.82, 2.24) is 0 Å². The summed E-state index contributed by atoms with van der Waals surface area (Å²) in [5, 5.41) is 0. The highest BCUT2D eigenvalue weighted by molar-refractivity contribution is 8.01. The smallest absolute Gasteiger partial charge is 0.252 e. The molecule has 0 amide bonds. The van der Waals surface area contributed by atoms with E-state index >= 15 is 0 Å². The van der Waals surface area contributed by atoms with E-state index in [0.717, 1.165) is 39.8 Å². The van der Waals surface area contributed by atoms with Crippen molar-refractivity contribution in [3.8, 4) is 33.4 Å². The molecule has 12 aromatic rings. The van der Waals surface area contributed by atoms with Crippen molar-refractivity contribution in [2.45, 2.75) is 19.6 Å². The van der Waals surface area contributed by atoms with Crippen LogP contribution in [-0.2, 0) is 0 Å². The van der Waals surface area contributed by atoms with Gasteiger partial charge in [0.2, 0.25) is 6.71 Å². The lowest BCUT2D eigenvalue weighted by Gasteiger charge is -2.46. The van der Waals surface area contributed by atoms with E-state index in [0.29, 0.717) is 0 Å². The van der Waals surface area contributed by atoms with Crippen LogP contribution in [0.4, 0.5) is 51.2 Å². The Balaban J connectivity index is 1.03. The summed E-state index contributed by atoms with van der Waals surface area (Å²) in [4.78, 5) is 12.9.